The molecule has 0 radical (unpaired) electrons. The summed E-state index contributed by atoms with van der Waals surface area (Å²) >= 11 is 0. The molecule has 142 valence electrons. The molecule has 0 spiro atoms. The number of hydrogen-bond acceptors (Lipinski definition) is 5. The Morgan fingerprint density at radius 2 is 1.71 bits per heavy atom. The van der Waals surface area contributed by atoms with Gasteiger partial charge in [0.15, 0.2) is 12.4 Å². The van der Waals surface area contributed by atoms with E-state index < -0.39 is 5.97 Å². The summed E-state index contributed by atoms with van der Waals surface area (Å²) in [7, 11) is 0. The molecule has 2 aromatic carbocycles. The van der Waals surface area contributed by atoms with E-state index in [9.17, 15) is 14.4 Å². The highest BCUT2D eigenvalue weighted by Crippen LogP contribution is 2.11. The maximum atomic E-state index is 12.2. The first kappa shape index (κ1) is 19.0. The number of nitrogens with one attached hydrogen (secondary N) is 1. The summed E-state index contributed by atoms with van der Waals surface area (Å²) in [6, 6.07) is 16.1. The van der Waals surface area contributed by atoms with Gasteiger partial charge in [-0.3, -0.25) is 14.3 Å². The first-order valence-electron chi connectivity index (χ1n) is 8.65. The number of rotatable bonds is 7. The second kappa shape index (κ2) is 8.77. The highest BCUT2D eigenvalue weighted by molar-refractivity contribution is 5.99. The van der Waals surface area contributed by atoms with Gasteiger partial charge in [-0.2, -0.15) is 5.10 Å². The van der Waals surface area contributed by atoms with Gasteiger partial charge in [-0.05, 0) is 29.8 Å². The number of nitrogens with zero attached hydrogens (tertiary/aromatic N) is 2. The summed E-state index contributed by atoms with van der Waals surface area (Å²) in [6.07, 6.45) is 3.00. The van der Waals surface area contributed by atoms with Crippen LogP contribution in [0.3, 0.4) is 0 Å². The minimum atomic E-state index is -0.609. The minimum Gasteiger partial charge on any atom is -0.454 e. The lowest BCUT2D eigenvalue weighted by Gasteiger charge is -2.05. The molecule has 1 aromatic heterocycles. The lowest BCUT2D eigenvalue weighted by molar-refractivity contribution is -0.114. The average Bonchev–Trinajstić information content (AvgIpc) is 3.15. The summed E-state index contributed by atoms with van der Waals surface area (Å²) in [5.74, 6) is -1.14. The Hall–Kier alpha value is -3.74. The van der Waals surface area contributed by atoms with Crippen LogP contribution in [0, 0.1) is 0 Å². The van der Waals surface area contributed by atoms with Gasteiger partial charge in [0.2, 0.25) is 5.91 Å². The third kappa shape index (κ3) is 5.14. The topological polar surface area (TPSA) is 90.3 Å². The second-order valence-electron chi connectivity index (χ2n) is 6.17. The van der Waals surface area contributed by atoms with Crippen molar-refractivity contribution in [3.05, 3.63) is 83.7 Å². The number of carbonyl (C=O) groups excluding carboxylic acids is 3. The monoisotopic (exact) mass is 377 g/mol. The summed E-state index contributed by atoms with van der Waals surface area (Å²) < 4.78 is 6.72. The molecular formula is C21H19N3O4. The van der Waals surface area contributed by atoms with Crippen molar-refractivity contribution < 1.29 is 19.1 Å². The van der Waals surface area contributed by atoms with E-state index in [4.69, 9.17) is 4.74 Å². The molecule has 0 aliphatic carbocycles. The van der Waals surface area contributed by atoms with Gasteiger partial charge < -0.3 is 10.1 Å². The summed E-state index contributed by atoms with van der Waals surface area (Å²) in [6.45, 7) is 1.57. The van der Waals surface area contributed by atoms with Gasteiger partial charge in [0.1, 0.15) is 0 Å². The van der Waals surface area contributed by atoms with E-state index >= 15 is 0 Å². The molecule has 0 unspecified atom stereocenters. The molecule has 0 saturated heterocycles. The van der Waals surface area contributed by atoms with Crippen molar-refractivity contribution in [1.29, 1.82) is 0 Å². The molecule has 0 bridgehead atoms. The molecule has 0 aliphatic rings. The molecule has 3 aromatic rings. The van der Waals surface area contributed by atoms with Crippen molar-refractivity contribution in [3.63, 3.8) is 0 Å². The number of ether oxygens (including phenoxy) is 1. The number of amides is 1. The van der Waals surface area contributed by atoms with Crippen LogP contribution in [0.4, 0.5) is 5.69 Å². The summed E-state index contributed by atoms with van der Waals surface area (Å²) in [5.41, 5.74) is 2.32. The molecule has 0 fully saturated rings. The van der Waals surface area contributed by atoms with E-state index in [0.717, 1.165) is 5.56 Å². The van der Waals surface area contributed by atoms with Crippen LogP contribution in [0.2, 0.25) is 0 Å². The molecule has 0 atom stereocenters. The first-order valence-corrected chi connectivity index (χ1v) is 8.65. The van der Waals surface area contributed by atoms with Crippen LogP contribution >= 0.6 is 0 Å². The standard InChI is InChI=1S/C21H19N3O4/c1-15(25)23-19-9-7-17(8-10-19)20(26)14-28-21(27)18-11-22-24(13-18)12-16-5-3-2-4-6-16/h2-11,13H,12,14H2,1H3,(H,23,25). The molecule has 0 aliphatic heterocycles. The number of hydrogen-bond donors (Lipinski definition) is 1. The van der Waals surface area contributed by atoms with Gasteiger partial charge in [-0.15, -0.1) is 0 Å². The average molecular weight is 377 g/mol. The van der Waals surface area contributed by atoms with E-state index in [2.05, 4.69) is 10.4 Å². The summed E-state index contributed by atoms with van der Waals surface area (Å²) in [5, 5.41) is 6.76. The normalized spacial score (nSPS) is 10.3. The maximum absolute atomic E-state index is 12.2. The summed E-state index contributed by atoms with van der Waals surface area (Å²) in [4.78, 5) is 35.3. The van der Waals surface area contributed by atoms with Gasteiger partial charge in [0.05, 0.1) is 18.3 Å². The van der Waals surface area contributed by atoms with Crippen molar-refractivity contribution in [2.45, 2.75) is 13.5 Å². The number of benzene rings is 2. The van der Waals surface area contributed by atoms with Crippen LogP contribution in [0.5, 0.6) is 0 Å². The zero-order chi connectivity index (χ0) is 19.9. The number of aromatic nitrogens is 2. The van der Waals surface area contributed by atoms with E-state index in [0.29, 0.717) is 17.8 Å². The number of ketones is 1. The van der Waals surface area contributed by atoms with E-state index in [1.165, 1.54) is 13.1 Å². The van der Waals surface area contributed by atoms with Crippen LogP contribution in [-0.4, -0.2) is 34.0 Å². The number of Topliss-reactive ketones (excluding diaryl/α,β-unsaturated/α-hetero) is 1. The lowest BCUT2D eigenvalue weighted by atomic mass is 10.1. The van der Waals surface area contributed by atoms with Gasteiger partial charge >= 0.3 is 5.97 Å². The van der Waals surface area contributed by atoms with Gasteiger partial charge in [0.25, 0.3) is 0 Å². The zero-order valence-corrected chi connectivity index (χ0v) is 15.3. The van der Waals surface area contributed by atoms with Crippen LogP contribution < -0.4 is 5.32 Å². The Kier molecular flexibility index (Phi) is 5.96. The number of carbonyl (C=O) groups is 3. The molecule has 28 heavy (non-hydrogen) atoms. The van der Waals surface area contributed by atoms with Crippen molar-refractivity contribution in [1.82, 2.24) is 9.78 Å². The predicted molar refractivity (Wildman–Crippen MR) is 103 cm³/mol. The van der Waals surface area contributed by atoms with E-state index in [-0.39, 0.29) is 23.9 Å². The lowest BCUT2D eigenvalue weighted by Crippen LogP contribution is -2.14. The molecule has 1 N–H and O–H groups in total. The van der Waals surface area contributed by atoms with E-state index in [1.54, 1.807) is 35.1 Å². The Morgan fingerprint density at radius 3 is 2.39 bits per heavy atom. The minimum absolute atomic E-state index is 0.194. The number of anilines is 1. The maximum Gasteiger partial charge on any atom is 0.341 e. The van der Waals surface area contributed by atoms with Crippen molar-refractivity contribution in [2.75, 3.05) is 11.9 Å². The zero-order valence-electron chi connectivity index (χ0n) is 15.3. The van der Waals surface area contributed by atoms with Crippen LogP contribution in [0.25, 0.3) is 0 Å². The third-order valence-corrected chi connectivity index (χ3v) is 3.92. The molecule has 7 nitrogen and oxygen atoms in total. The largest absolute Gasteiger partial charge is 0.454 e. The van der Waals surface area contributed by atoms with Crippen molar-refractivity contribution in [3.8, 4) is 0 Å². The van der Waals surface area contributed by atoms with Gasteiger partial charge in [0, 0.05) is 24.4 Å². The van der Waals surface area contributed by atoms with Gasteiger partial charge in [-0.1, -0.05) is 30.3 Å². The smallest absolute Gasteiger partial charge is 0.341 e. The second-order valence-corrected chi connectivity index (χ2v) is 6.17. The molecule has 1 heterocycles. The van der Waals surface area contributed by atoms with Gasteiger partial charge in [-0.25, -0.2) is 4.79 Å². The Bertz CT molecular complexity index is 978. The molecule has 1 amide bonds. The van der Waals surface area contributed by atoms with E-state index in [1.807, 2.05) is 30.3 Å². The Morgan fingerprint density at radius 1 is 1.00 bits per heavy atom. The molecule has 3 rings (SSSR count). The van der Waals surface area contributed by atoms with Crippen LogP contribution in [0.1, 0.15) is 33.2 Å². The van der Waals surface area contributed by atoms with Crippen LogP contribution in [0.15, 0.2) is 67.0 Å². The highest BCUT2D eigenvalue weighted by Gasteiger charge is 2.14. The van der Waals surface area contributed by atoms with Crippen molar-refractivity contribution in [2.24, 2.45) is 0 Å². The molecular weight excluding hydrogens is 358 g/mol. The quantitative estimate of drug-likeness (QED) is 0.505. The molecule has 7 heteroatoms. The fourth-order valence-electron chi connectivity index (χ4n) is 2.57. The fourth-order valence-corrected chi connectivity index (χ4v) is 2.57. The van der Waals surface area contributed by atoms with Crippen molar-refractivity contribution >= 4 is 23.3 Å². The first-order chi connectivity index (χ1) is 13.5. The predicted octanol–water partition coefficient (Wildman–Crippen LogP) is 2.93. The molecule has 0 saturated carbocycles. The highest BCUT2D eigenvalue weighted by atomic mass is 16.5. The Labute approximate surface area is 161 Å². The Balaban J connectivity index is 1.53. The van der Waals surface area contributed by atoms with Crippen LogP contribution in [-0.2, 0) is 16.1 Å². The third-order valence-electron chi connectivity index (χ3n) is 3.92. The SMILES string of the molecule is CC(=O)Nc1ccc(C(=O)COC(=O)c2cnn(Cc3ccccc3)c2)cc1. The fraction of sp³-hybridized carbons (Fsp3) is 0.143. The number of esters is 1.